The molecule has 1 heterocycles. The van der Waals surface area contributed by atoms with Crippen molar-refractivity contribution < 1.29 is 9.72 Å². The Morgan fingerprint density at radius 1 is 1.03 bits per heavy atom. The number of nitrogens with zero attached hydrogens (tertiary/aromatic N) is 3. The maximum absolute atomic E-state index is 13.1. The standard InChI is InChI=1S/C22H14Cl2N4O3/c23-15-10-8-14(9-11-15)22(29)27-20-7-2-1-6-18(20)19(21(27)24)13-25-26-16-4-3-5-17(12-16)28(30)31/h1-13,26H/b25-13-. The summed E-state index contributed by atoms with van der Waals surface area (Å²) in [6.07, 6.45) is 1.48. The van der Waals surface area contributed by atoms with Crippen LogP contribution in [0, 0.1) is 10.1 Å². The first-order valence-electron chi connectivity index (χ1n) is 9.08. The van der Waals surface area contributed by atoms with Crippen molar-refractivity contribution in [3.63, 3.8) is 0 Å². The fourth-order valence-electron chi connectivity index (χ4n) is 3.14. The zero-order valence-corrected chi connectivity index (χ0v) is 17.3. The first-order valence-corrected chi connectivity index (χ1v) is 9.84. The number of aromatic nitrogens is 1. The summed E-state index contributed by atoms with van der Waals surface area (Å²) in [7, 11) is 0. The lowest BCUT2D eigenvalue weighted by Gasteiger charge is -2.06. The molecule has 0 aliphatic rings. The smallest absolute Gasteiger partial charge is 0.271 e. The number of para-hydroxylation sites is 1. The maximum Gasteiger partial charge on any atom is 0.271 e. The van der Waals surface area contributed by atoms with Gasteiger partial charge in [-0.1, -0.05) is 47.5 Å². The molecule has 0 spiro atoms. The minimum atomic E-state index is -0.484. The summed E-state index contributed by atoms with van der Waals surface area (Å²) >= 11 is 12.5. The second kappa shape index (κ2) is 8.59. The summed E-state index contributed by atoms with van der Waals surface area (Å²) in [6.45, 7) is 0. The Bertz CT molecular complexity index is 1330. The number of nitrogens with one attached hydrogen (secondary N) is 1. The van der Waals surface area contributed by atoms with Gasteiger partial charge < -0.3 is 0 Å². The van der Waals surface area contributed by atoms with Gasteiger partial charge in [0.1, 0.15) is 5.15 Å². The van der Waals surface area contributed by atoms with Crippen LogP contribution in [0.2, 0.25) is 10.2 Å². The average Bonchev–Trinajstić information content (AvgIpc) is 3.05. The first-order chi connectivity index (χ1) is 15.0. The zero-order chi connectivity index (χ0) is 22.0. The lowest BCUT2D eigenvalue weighted by Crippen LogP contribution is -2.12. The number of nitro benzene ring substituents is 1. The largest absolute Gasteiger partial charge is 0.278 e. The van der Waals surface area contributed by atoms with Gasteiger partial charge in [-0.3, -0.25) is 24.9 Å². The van der Waals surface area contributed by atoms with Gasteiger partial charge in [-0.2, -0.15) is 5.10 Å². The summed E-state index contributed by atoms with van der Waals surface area (Å²) in [5.41, 5.74) is 4.75. The van der Waals surface area contributed by atoms with E-state index in [2.05, 4.69) is 10.5 Å². The van der Waals surface area contributed by atoms with Gasteiger partial charge in [-0.15, -0.1) is 0 Å². The number of carbonyl (C=O) groups excluding carboxylic acids is 1. The maximum atomic E-state index is 13.1. The summed E-state index contributed by atoms with van der Waals surface area (Å²) in [4.78, 5) is 23.6. The van der Waals surface area contributed by atoms with Crippen LogP contribution in [-0.2, 0) is 0 Å². The van der Waals surface area contributed by atoms with Crippen LogP contribution in [0.1, 0.15) is 15.9 Å². The number of carbonyl (C=O) groups is 1. The van der Waals surface area contributed by atoms with Crippen molar-refractivity contribution >= 4 is 57.6 Å². The second-order valence-corrected chi connectivity index (χ2v) is 7.34. The molecule has 0 unspecified atom stereocenters. The molecule has 4 aromatic rings. The average molecular weight is 453 g/mol. The van der Waals surface area contributed by atoms with E-state index in [1.165, 1.54) is 22.9 Å². The fourth-order valence-corrected chi connectivity index (χ4v) is 3.58. The third kappa shape index (κ3) is 4.14. The number of halogens is 2. The third-order valence-corrected chi connectivity index (χ3v) is 5.22. The van der Waals surface area contributed by atoms with Crippen LogP contribution >= 0.6 is 23.2 Å². The molecule has 0 aliphatic carbocycles. The molecular formula is C22H14Cl2N4O3. The van der Waals surface area contributed by atoms with Crippen LogP contribution in [0.25, 0.3) is 10.9 Å². The Morgan fingerprint density at radius 3 is 2.52 bits per heavy atom. The summed E-state index contributed by atoms with van der Waals surface area (Å²) in [6, 6.07) is 19.8. The van der Waals surface area contributed by atoms with Crippen molar-refractivity contribution in [3.8, 4) is 0 Å². The van der Waals surface area contributed by atoms with Gasteiger partial charge in [0.05, 0.1) is 22.3 Å². The van der Waals surface area contributed by atoms with E-state index in [0.717, 1.165) is 5.39 Å². The zero-order valence-electron chi connectivity index (χ0n) is 15.8. The van der Waals surface area contributed by atoms with Crippen LogP contribution in [-0.4, -0.2) is 21.6 Å². The van der Waals surface area contributed by atoms with Crippen molar-refractivity contribution in [1.29, 1.82) is 0 Å². The van der Waals surface area contributed by atoms with Gasteiger partial charge >= 0.3 is 0 Å². The van der Waals surface area contributed by atoms with Gasteiger partial charge in [0.2, 0.25) is 0 Å². The predicted octanol–water partition coefficient (Wildman–Crippen LogP) is 5.99. The number of rotatable bonds is 5. The molecule has 4 rings (SSSR count). The number of fused-ring (bicyclic) bond motifs is 1. The minimum Gasteiger partial charge on any atom is -0.278 e. The highest BCUT2D eigenvalue weighted by atomic mass is 35.5. The summed E-state index contributed by atoms with van der Waals surface area (Å²) < 4.78 is 1.41. The molecule has 0 fully saturated rings. The van der Waals surface area contributed by atoms with E-state index in [9.17, 15) is 14.9 Å². The number of anilines is 1. The van der Waals surface area contributed by atoms with E-state index in [1.54, 1.807) is 42.5 Å². The Kier molecular flexibility index (Phi) is 5.70. The molecule has 154 valence electrons. The molecule has 3 aromatic carbocycles. The normalized spacial score (nSPS) is 11.2. The minimum absolute atomic E-state index is 0.0524. The Balaban J connectivity index is 1.70. The van der Waals surface area contributed by atoms with Crippen molar-refractivity contribution in [2.24, 2.45) is 5.10 Å². The summed E-state index contributed by atoms with van der Waals surface area (Å²) in [5, 5.41) is 16.5. The molecule has 9 heteroatoms. The topological polar surface area (TPSA) is 89.5 Å². The number of hydrogen-bond donors (Lipinski definition) is 1. The van der Waals surface area contributed by atoms with Gasteiger partial charge in [-0.25, -0.2) is 0 Å². The number of benzene rings is 3. The highest BCUT2D eigenvalue weighted by Gasteiger charge is 2.20. The number of nitro groups is 1. The van der Waals surface area contributed by atoms with Crippen LogP contribution in [0.15, 0.2) is 77.9 Å². The van der Waals surface area contributed by atoms with E-state index < -0.39 is 4.92 Å². The first kappa shape index (κ1) is 20.6. The number of hydrazone groups is 1. The van der Waals surface area contributed by atoms with Crippen molar-refractivity contribution in [2.75, 3.05) is 5.43 Å². The molecule has 0 aliphatic heterocycles. The molecule has 0 bridgehead atoms. The van der Waals surface area contributed by atoms with Crippen LogP contribution in [0.3, 0.4) is 0 Å². The molecule has 0 radical (unpaired) electrons. The van der Waals surface area contributed by atoms with Crippen LogP contribution in [0.5, 0.6) is 0 Å². The monoisotopic (exact) mass is 452 g/mol. The van der Waals surface area contributed by atoms with Crippen LogP contribution < -0.4 is 5.43 Å². The molecule has 7 nitrogen and oxygen atoms in total. The molecule has 1 aromatic heterocycles. The van der Waals surface area contributed by atoms with E-state index in [-0.39, 0.29) is 16.7 Å². The highest BCUT2D eigenvalue weighted by Crippen LogP contribution is 2.30. The highest BCUT2D eigenvalue weighted by molar-refractivity contribution is 6.36. The molecule has 0 amide bonds. The Morgan fingerprint density at radius 2 is 1.77 bits per heavy atom. The molecule has 0 atom stereocenters. The Hall–Kier alpha value is -3.68. The fraction of sp³-hybridized carbons (Fsp3) is 0. The van der Waals surface area contributed by atoms with Crippen molar-refractivity contribution in [3.05, 3.63) is 104 Å². The number of non-ortho nitro benzene ring substituents is 1. The Labute approximate surface area is 186 Å². The molecular weight excluding hydrogens is 439 g/mol. The van der Waals surface area contributed by atoms with E-state index in [0.29, 0.717) is 27.4 Å². The van der Waals surface area contributed by atoms with E-state index >= 15 is 0 Å². The van der Waals surface area contributed by atoms with Gasteiger partial charge in [0.25, 0.3) is 11.6 Å². The number of hydrogen-bond acceptors (Lipinski definition) is 5. The second-order valence-electron chi connectivity index (χ2n) is 6.55. The predicted molar refractivity (Wildman–Crippen MR) is 122 cm³/mol. The SMILES string of the molecule is O=C(c1ccc(Cl)cc1)n1c(Cl)c(/C=N\Nc2cccc([N+](=O)[O-])c2)c2ccccc21. The molecule has 31 heavy (non-hydrogen) atoms. The lowest BCUT2D eigenvalue weighted by molar-refractivity contribution is -0.384. The van der Waals surface area contributed by atoms with E-state index in [1.807, 2.05) is 18.2 Å². The molecule has 0 saturated heterocycles. The molecule has 0 saturated carbocycles. The molecule has 1 N–H and O–H groups in total. The van der Waals surface area contributed by atoms with Gasteiger partial charge in [0.15, 0.2) is 0 Å². The third-order valence-electron chi connectivity index (χ3n) is 4.59. The summed E-state index contributed by atoms with van der Waals surface area (Å²) in [5.74, 6) is -0.302. The quantitative estimate of drug-likeness (QED) is 0.228. The van der Waals surface area contributed by atoms with Gasteiger partial charge in [-0.05, 0) is 36.4 Å². The van der Waals surface area contributed by atoms with E-state index in [4.69, 9.17) is 23.2 Å². The van der Waals surface area contributed by atoms with Crippen molar-refractivity contribution in [2.45, 2.75) is 0 Å². The van der Waals surface area contributed by atoms with Crippen molar-refractivity contribution in [1.82, 2.24) is 4.57 Å². The van der Waals surface area contributed by atoms with Gasteiger partial charge in [0, 0.05) is 33.7 Å². The lowest BCUT2D eigenvalue weighted by atomic mass is 10.2. The van der Waals surface area contributed by atoms with Crippen LogP contribution in [0.4, 0.5) is 11.4 Å².